The van der Waals surface area contributed by atoms with Crippen molar-refractivity contribution < 1.29 is 9.84 Å². The lowest BCUT2D eigenvalue weighted by Crippen LogP contribution is -2.41. The number of methoxy groups -OCH3 is 1. The summed E-state index contributed by atoms with van der Waals surface area (Å²) >= 11 is 0. The van der Waals surface area contributed by atoms with Gasteiger partial charge in [-0.3, -0.25) is 4.90 Å². The monoisotopic (exact) mass is 263 g/mol. The Morgan fingerprint density at radius 1 is 1.26 bits per heavy atom. The molecule has 106 valence electrons. The Labute approximate surface area is 116 Å². The summed E-state index contributed by atoms with van der Waals surface area (Å²) in [6, 6.07) is 4.66. The zero-order chi connectivity index (χ0) is 13.8. The quantitative estimate of drug-likeness (QED) is 0.906. The average molecular weight is 263 g/mol. The third-order valence-corrected chi connectivity index (χ3v) is 4.19. The van der Waals surface area contributed by atoms with Gasteiger partial charge >= 0.3 is 0 Å². The molecule has 1 aliphatic heterocycles. The number of likely N-dealkylation sites (tertiary alicyclic amines) is 1. The maximum Gasteiger partial charge on any atom is 0.122 e. The molecule has 0 spiro atoms. The van der Waals surface area contributed by atoms with E-state index in [1.807, 2.05) is 0 Å². The fourth-order valence-corrected chi connectivity index (χ4v) is 2.93. The Balaban J connectivity index is 2.16. The van der Waals surface area contributed by atoms with Gasteiger partial charge in [0.2, 0.25) is 0 Å². The van der Waals surface area contributed by atoms with Crippen LogP contribution in [0, 0.1) is 13.8 Å². The first-order valence-corrected chi connectivity index (χ1v) is 7.14. The molecule has 0 amide bonds. The molecule has 0 bridgehead atoms. The fourth-order valence-electron chi connectivity index (χ4n) is 2.93. The number of ether oxygens (including phenoxy) is 1. The SMILES string of the molecule is COc1cc(C)c(CN2CCCC[C@@H]2CO)cc1C. The number of nitrogens with zero attached hydrogens (tertiary/aromatic N) is 1. The molecule has 0 aliphatic carbocycles. The van der Waals surface area contributed by atoms with Crippen molar-refractivity contribution in [1.82, 2.24) is 4.90 Å². The van der Waals surface area contributed by atoms with E-state index in [1.54, 1.807) is 7.11 Å². The molecular weight excluding hydrogens is 238 g/mol. The second-order valence-corrected chi connectivity index (χ2v) is 5.55. The van der Waals surface area contributed by atoms with Gasteiger partial charge in [-0.05, 0) is 56.0 Å². The van der Waals surface area contributed by atoms with Gasteiger partial charge in [-0.2, -0.15) is 0 Å². The lowest BCUT2D eigenvalue weighted by molar-refractivity contribution is 0.0839. The molecule has 0 saturated carbocycles. The third-order valence-electron chi connectivity index (χ3n) is 4.19. The van der Waals surface area contributed by atoms with Crippen LogP contribution in [0.5, 0.6) is 5.75 Å². The number of benzene rings is 1. The summed E-state index contributed by atoms with van der Waals surface area (Å²) in [4.78, 5) is 2.41. The molecule has 0 aromatic heterocycles. The zero-order valence-electron chi connectivity index (χ0n) is 12.3. The minimum Gasteiger partial charge on any atom is -0.496 e. The van der Waals surface area contributed by atoms with Gasteiger partial charge in [0.05, 0.1) is 13.7 Å². The lowest BCUT2D eigenvalue weighted by atomic mass is 9.99. The summed E-state index contributed by atoms with van der Waals surface area (Å²) < 4.78 is 5.36. The van der Waals surface area contributed by atoms with Crippen LogP contribution < -0.4 is 4.74 Å². The Morgan fingerprint density at radius 2 is 2.05 bits per heavy atom. The molecule has 1 aromatic carbocycles. The zero-order valence-corrected chi connectivity index (χ0v) is 12.3. The Morgan fingerprint density at radius 3 is 2.74 bits per heavy atom. The molecule has 1 atom stereocenters. The van der Waals surface area contributed by atoms with Crippen molar-refractivity contribution in [3.63, 3.8) is 0 Å². The van der Waals surface area contributed by atoms with Gasteiger partial charge in [-0.15, -0.1) is 0 Å². The van der Waals surface area contributed by atoms with Gasteiger partial charge in [-0.25, -0.2) is 0 Å². The predicted molar refractivity (Wildman–Crippen MR) is 77.6 cm³/mol. The highest BCUT2D eigenvalue weighted by Gasteiger charge is 2.22. The summed E-state index contributed by atoms with van der Waals surface area (Å²) in [5.74, 6) is 0.957. The van der Waals surface area contributed by atoms with Crippen LogP contribution in [0.2, 0.25) is 0 Å². The van der Waals surface area contributed by atoms with Crippen molar-refractivity contribution in [2.45, 2.75) is 45.7 Å². The van der Waals surface area contributed by atoms with Crippen molar-refractivity contribution in [3.8, 4) is 5.75 Å². The molecule has 1 saturated heterocycles. The summed E-state index contributed by atoms with van der Waals surface area (Å²) in [5, 5.41) is 9.48. The van der Waals surface area contributed by atoms with Crippen molar-refractivity contribution >= 4 is 0 Å². The van der Waals surface area contributed by atoms with Crippen molar-refractivity contribution in [2.24, 2.45) is 0 Å². The molecule has 1 heterocycles. The highest BCUT2D eigenvalue weighted by Crippen LogP contribution is 2.25. The fraction of sp³-hybridized carbons (Fsp3) is 0.625. The summed E-state index contributed by atoms with van der Waals surface area (Å²) in [7, 11) is 1.72. The number of piperidine rings is 1. The van der Waals surface area contributed by atoms with Crippen LogP contribution >= 0.6 is 0 Å². The standard InChI is InChI=1S/C16H25NO2/c1-12-9-16(19-3)13(2)8-14(12)10-17-7-5-4-6-15(17)11-18/h8-9,15,18H,4-7,10-11H2,1-3H3/t15-/m1/s1. The highest BCUT2D eigenvalue weighted by atomic mass is 16.5. The first-order valence-electron chi connectivity index (χ1n) is 7.14. The minimum atomic E-state index is 0.272. The van der Waals surface area contributed by atoms with E-state index >= 15 is 0 Å². The molecule has 3 nitrogen and oxygen atoms in total. The Kier molecular flexibility index (Phi) is 4.83. The van der Waals surface area contributed by atoms with Gasteiger partial charge in [0, 0.05) is 12.6 Å². The van der Waals surface area contributed by atoms with Crippen molar-refractivity contribution in [3.05, 3.63) is 28.8 Å². The van der Waals surface area contributed by atoms with Gasteiger partial charge in [0.25, 0.3) is 0 Å². The van der Waals surface area contributed by atoms with Crippen LogP contribution in [0.15, 0.2) is 12.1 Å². The van der Waals surface area contributed by atoms with E-state index in [-0.39, 0.29) is 6.61 Å². The van der Waals surface area contributed by atoms with E-state index in [4.69, 9.17) is 4.74 Å². The first kappa shape index (κ1) is 14.4. The smallest absolute Gasteiger partial charge is 0.122 e. The molecule has 1 aliphatic rings. The molecule has 19 heavy (non-hydrogen) atoms. The van der Waals surface area contributed by atoms with Gasteiger partial charge < -0.3 is 9.84 Å². The molecule has 1 aromatic rings. The average Bonchev–Trinajstić information content (AvgIpc) is 2.43. The van der Waals surface area contributed by atoms with Crippen LogP contribution in [-0.2, 0) is 6.54 Å². The van der Waals surface area contributed by atoms with Crippen LogP contribution in [0.3, 0.4) is 0 Å². The van der Waals surface area contributed by atoms with E-state index in [2.05, 4.69) is 30.9 Å². The van der Waals surface area contributed by atoms with Crippen molar-refractivity contribution in [2.75, 3.05) is 20.3 Å². The predicted octanol–water partition coefficient (Wildman–Crippen LogP) is 2.66. The van der Waals surface area contributed by atoms with E-state index in [0.29, 0.717) is 6.04 Å². The topological polar surface area (TPSA) is 32.7 Å². The molecule has 0 radical (unpaired) electrons. The molecule has 0 unspecified atom stereocenters. The molecule has 1 fully saturated rings. The van der Waals surface area contributed by atoms with Crippen LogP contribution in [0.4, 0.5) is 0 Å². The van der Waals surface area contributed by atoms with E-state index in [1.165, 1.54) is 29.5 Å². The summed E-state index contributed by atoms with van der Waals surface area (Å²) in [6.45, 7) is 6.52. The first-order chi connectivity index (χ1) is 9.15. The number of aliphatic hydroxyl groups excluding tert-OH is 1. The van der Waals surface area contributed by atoms with E-state index < -0.39 is 0 Å². The second kappa shape index (κ2) is 6.40. The number of aliphatic hydroxyl groups is 1. The normalized spacial score (nSPS) is 20.5. The molecule has 2 rings (SSSR count). The van der Waals surface area contributed by atoms with Crippen LogP contribution in [-0.4, -0.2) is 36.3 Å². The lowest BCUT2D eigenvalue weighted by Gasteiger charge is -2.35. The number of hydrogen-bond donors (Lipinski definition) is 1. The highest BCUT2D eigenvalue weighted by molar-refractivity contribution is 5.41. The number of aryl methyl sites for hydroxylation is 2. The van der Waals surface area contributed by atoms with Crippen molar-refractivity contribution in [1.29, 1.82) is 0 Å². The van der Waals surface area contributed by atoms with Crippen LogP contribution in [0.25, 0.3) is 0 Å². The van der Waals surface area contributed by atoms with E-state index in [0.717, 1.165) is 25.3 Å². The maximum absolute atomic E-state index is 9.48. The minimum absolute atomic E-state index is 0.272. The second-order valence-electron chi connectivity index (χ2n) is 5.55. The molecule has 3 heteroatoms. The largest absolute Gasteiger partial charge is 0.496 e. The molecule has 1 N–H and O–H groups in total. The number of hydrogen-bond acceptors (Lipinski definition) is 3. The van der Waals surface area contributed by atoms with Crippen LogP contribution in [0.1, 0.15) is 36.0 Å². The van der Waals surface area contributed by atoms with Gasteiger partial charge in [-0.1, -0.05) is 12.5 Å². The maximum atomic E-state index is 9.48. The van der Waals surface area contributed by atoms with Gasteiger partial charge in [0.1, 0.15) is 5.75 Å². The Hall–Kier alpha value is -1.06. The number of rotatable bonds is 4. The summed E-state index contributed by atoms with van der Waals surface area (Å²) in [5.41, 5.74) is 3.80. The van der Waals surface area contributed by atoms with Gasteiger partial charge in [0.15, 0.2) is 0 Å². The summed E-state index contributed by atoms with van der Waals surface area (Å²) in [6.07, 6.45) is 3.59. The molecular formula is C16H25NO2. The third kappa shape index (κ3) is 3.28. The Bertz CT molecular complexity index is 431. The van der Waals surface area contributed by atoms with E-state index in [9.17, 15) is 5.11 Å².